The summed E-state index contributed by atoms with van der Waals surface area (Å²) in [5, 5.41) is 51.2. The van der Waals surface area contributed by atoms with Gasteiger partial charge in [-0.15, -0.1) is 0 Å². The standard InChI is InChI=1S/C21H20O7/c1-21(28)4-2-9(3-5-21)15-14(24)8-12-17(19(15)26)20(27)16-11(18(12)25)6-10(22)7-13(16)23/h6-9,22-24,26,28H,2-5H2,1H3. The Bertz CT molecular complexity index is 1030. The highest BCUT2D eigenvalue weighted by Crippen LogP contribution is 2.49. The number of benzene rings is 2. The minimum atomic E-state index is -0.811. The van der Waals surface area contributed by atoms with Gasteiger partial charge in [0.05, 0.1) is 16.7 Å². The van der Waals surface area contributed by atoms with Crippen molar-refractivity contribution in [3.63, 3.8) is 0 Å². The van der Waals surface area contributed by atoms with Crippen LogP contribution in [0.4, 0.5) is 0 Å². The summed E-state index contributed by atoms with van der Waals surface area (Å²) in [6.07, 6.45) is 1.96. The molecule has 1 saturated carbocycles. The summed E-state index contributed by atoms with van der Waals surface area (Å²) in [6.45, 7) is 1.73. The van der Waals surface area contributed by atoms with Gasteiger partial charge in [-0.25, -0.2) is 0 Å². The zero-order valence-electron chi connectivity index (χ0n) is 15.2. The molecule has 4 rings (SSSR count). The molecular formula is C21H20O7. The number of aliphatic hydroxyl groups is 1. The minimum absolute atomic E-state index is 0.177. The first-order chi connectivity index (χ1) is 13.1. The van der Waals surface area contributed by atoms with Gasteiger partial charge in [0.2, 0.25) is 5.78 Å². The van der Waals surface area contributed by atoms with Gasteiger partial charge in [-0.05, 0) is 50.7 Å². The lowest BCUT2D eigenvalue weighted by atomic mass is 9.74. The van der Waals surface area contributed by atoms with Crippen LogP contribution in [0.15, 0.2) is 18.2 Å². The first-order valence-electron chi connectivity index (χ1n) is 9.07. The van der Waals surface area contributed by atoms with Gasteiger partial charge in [0.15, 0.2) is 5.78 Å². The molecule has 0 unspecified atom stereocenters. The molecule has 0 radical (unpaired) electrons. The van der Waals surface area contributed by atoms with Gasteiger partial charge in [0.1, 0.15) is 23.0 Å². The molecule has 0 aliphatic heterocycles. The third kappa shape index (κ3) is 2.62. The molecule has 0 aromatic heterocycles. The first kappa shape index (κ1) is 18.3. The maximum atomic E-state index is 13.0. The molecule has 2 aromatic rings. The number of carbonyl (C=O) groups is 2. The van der Waals surface area contributed by atoms with Gasteiger partial charge < -0.3 is 25.5 Å². The van der Waals surface area contributed by atoms with Crippen LogP contribution in [0.1, 0.15) is 75.9 Å². The smallest absolute Gasteiger partial charge is 0.201 e. The Labute approximate surface area is 160 Å². The fourth-order valence-corrected chi connectivity index (χ4v) is 4.31. The van der Waals surface area contributed by atoms with Crippen LogP contribution >= 0.6 is 0 Å². The maximum Gasteiger partial charge on any atom is 0.201 e. The number of hydrogen-bond donors (Lipinski definition) is 5. The van der Waals surface area contributed by atoms with E-state index in [0.717, 1.165) is 18.2 Å². The lowest BCUT2D eigenvalue weighted by Crippen LogP contribution is -2.30. The monoisotopic (exact) mass is 384 g/mol. The maximum absolute atomic E-state index is 13.0. The highest BCUT2D eigenvalue weighted by atomic mass is 16.3. The third-order valence-corrected chi connectivity index (χ3v) is 5.83. The highest BCUT2D eigenvalue weighted by molar-refractivity contribution is 6.30. The number of aromatic hydroxyl groups is 4. The highest BCUT2D eigenvalue weighted by Gasteiger charge is 2.39. The van der Waals surface area contributed by atoms with Crippen molar-refractivity contribution in [3.8, 4) is 23.0 Å². The van der Waals surface area contributed by atoms with Gasteiger partial charge in [0, 0.05) is 22.8 Å². The average Bonchev–Trinajstić information content (AvgIpc) is 2.59. The number of phenolic OH excluding ortho intramolecular Hbond substituents is 4. The van der Waals surface area contributed by atoms with Crippen molar-refractivity contribution in [1.29, 1.82) is 0 Å². The van der Waals surface area contributed by atoms with Gasteiger partial charge in [-0.2, -0.15) is 0 Å². The van der Waals surface area contributed by atoms with E-state index in [4.69, 9.17) is 0 Å². The van der Waals surface area contributed by atoms with E-state index in [9.17, 15) is 35.1 Å². The molecule has 0 spiro atoms. The van der Waals surface area contributed by atoms with Crippen LogP contribution in [0.25, 0.3) is 0 Å². The molecule has 0 saturated heterocycles. The molecule has 2 aliphatic rings. The number of hydrogen-bond acceptors (Lipinski definition) is 7. The van der Waals surface area contributed by atoms with Crippen molar-refractivity contribution in [3.05, 3.63) is 46.0 Å². The Morgan fingerprint density at radius 1 is 0.857 bits per heavy atom. The largest absolute Gasteiger partial charge is 0.508 e. The zero-order chi connectivity index (χ0) is 20.4. The predicted molar refractivity (Wildman–Crippen MR) is 98.2 cm³/mol. The van der Waals surface area contributed by atoms with Gasteiger partial charge in [0.25, 0.3) is 0 Å². The molecular weight excluding hydrogens is 364 g/mol. The van der Waals surface area contributed by atoms with Crippen LogP contribution in [0.5, 0.6) is 23.0 Å². The summed E-state index contributed by atoms with van der Waals surface area (Å²) in [5.74, 6) is -3.40. The lowest BCUT2D eigenvalue weighted by Gasteiger charge is -2.34. The number of phenols is 4. The normalized spacial score (nSPS) is 24.0. The van der Waals surface area contributed by atoms with E-state index in [2.05, 4.69) is 0 Å². The quantitative estimate of drug-likeness (QED) is 0.435. The van der Waals surface area contributed by atoms with E-state index in [0.29, 0.717) is 25.7 Å². The van der Waals surface area contributed by atoms with Gasteiger partial charge in [-0.3, -0.25) is 9.59 Å². The SMILES string of the molecule is CC1(O)CCC(c2c(O)cc3c(c2O)C(=O)c2c(O)cc(O)cc2C3=O)CC1. The van der Waals surface area contributed by atoms with E-state index in [1.807, 2.05) is 0 Å². The van der Waals surface area contributed by atoms with Crippen molar-refractivity contribution in [1.82, 2.24) is 0 Å². The van der Waals surface area contributed by atoms with Crippen molar-refractivity contribution in [2.45, 2.75) is 44.1 Å². The summed E-state index contributed by atoms with van der Waals surface area (Å²) >= 11 is 0. The fourth-order valence-electron chi connectivity index (χ4n) is 4.31. The Kier molecular flexibility index (Phi) is 3.90. The molecule has 0 atom stereocenters. The topological polar surface area (TPSA) is 135 Å². The third-order valence-electron chi connectivity index (χ3n) is 5.83. The average molecular weight is 384 g/mol. The van der Waals surface area contributed by atoms with Crippen molar-refractivity contribution < 1.29 is 35.1 Å². The fraction of sp³-hybridized carbons (Fsp3) is 0.333. The van der Waals surface area contributed by atoms with Crippen molar-refractivity contribution in [2.75, 3.05) is 0 Å². The van der Waals surface area contributed by atoms with E-state index in [1.54, 1.807) is 6.92 Å². The Balaban J connectivity index is 1.87. The molecule has 0 bridgehead atoms. The molecule has 5 N–H and O–H groups in total. The summed E-state index contributed by atoms with van der Waals surface area (Å²) < 4.78 is 0. The van der Waals surface area contributed by atoms with Crippen LogP contribution in [0, 0.1) is 0 Å². The molecule has 0 heterocycles. The van der Waals surface area contributed by atoms with Crippen LogP contribution < -0.4 is 0 Å². The second kappa shape index (κ2) is 5.97. The van der Waals surface area contributed by atoms with Gasteiger partial charge >= 0.3 is 0 Å². The van der Waals surface area contributed by atoms with E-state index in [-0.39, 0.29) is 45.2 Å². The molecule has 7 nitrogen and oxygen atoms in total. The number of fused-ring (bicyclic) bond motifs is 2. The molecule has 2 aliphatic carbocycles. The number of carbonyl (C=O) groups excluding carboxylic acids is 2. The van der Waals surface area contributed by atoms with Crippen LogP contribution in [0.3, 0.4) is 0 Å². The minimum Gasteiger partial charge on any atom is -0.508 e. The number of ketones is 2. The molecule has 2 aromatic carbocycles. The van der Waals surface area contributed by atoms with Gasteiger partial charge in [-0.1, -0.05) is 0 Å². The molecule has 146 valence electrons. The van der Waals surface area contributed by atoms with Crippen LogP contribution in [0.2, 0.25) is 0 Å². The predicted octanol–water partition coefficient (Wildman–Crippen LogP) is 2.69. The summed E-state index contributed by atoms with van der Waals surface area (Å²) in [7, 11) is 0. The molecule has 0 amide bonds. The van der Waals surface area contributed by atoms with E-state index < -0.39 is 28.7 Å². The second-order valence-electron chi connectivity index (χ2n) is 7.90. The van der Waals surface area contributed by atoms with Crippen molar-refractivity contribution in [2.24, 2.45) is 0 Å². The van der Waals surface area contributed by atoms with Crippen LogP contribution in [-0.4, -0.2) is 42.7 Å². The van der Waals surface area contributed by atoms with Crippen LogP contribution in [-0.2, 0) is 0 Å². The van der Waals surface area contributed by atoms with Crippen molar-refractivity contribution >= 4 is 11.6 Å². The summed E-state index contributed by atoms with van der Waals surface area (Å²) in [5.41, 5.74) is -1.54. The summed E-state index contributed by atoms with van der Waals surface area (Å²) in [6, 6.07) is 3.18. The second-order valence-corrected chi connectivity index (χ2v) is 7.90. The Morgan fingerprint density at radius 3 is 2.11 bits per heavy atom. The lowest BCUT2D eigenvalue weighted by molar-refractivity contribution is 0.0167. The first-order valence-corrected chi connectivity index (χ1v) is 9.07. The summed E-state index contributed by atoms with van der Waals surface area (Å²) in [4.78, 5) is 25.8. The number of rotatable bonds is 1. The molecule has 28 heavy (non-hydrogen) atoms. The Hall–Kier alpha value is -3.06. The molecule has 1 fully saturated rings. The molecule has 7 heteroatoms. The Morgan fingerprint density at radius 2 is 1.46 bits per heavy atom. The zero-order valence-corrected chi connectivity index (χ0v) is 15.2. The van der Waals surface area contributed by atoms with E-state index >= 15 is 0 Å². The van der Waals surface area contributed by atoms with E-state index in [1.165, 1.54) is 0 Å².